The van der Waals surface area contributed by atoms with E-state index in [2.05, 4.69) is 10.1 Å². The van der Waals surface area contributed by atoms with Gasteiger partial charge in [0.2, 0.25) is 0 Å². The Labute approximate surface area is 120 Å². The number of carbonyl (C=O) groups is 1. The average Bonchev–Trinajstić information content (AvgIpc) is 2.48. The topological polar surface area (TPSA) is 56.8 Å². The fraction of sp³-hybridized carbons (Fsp3) is 0.533. The van der Waals surface area contributed by atoms with Crippen molar-refractivity contribution in [2.24, 2.45) is 0 Å². The van der Waals surface area contributed by atoms with Gasteiger partial charge in [0.15, 0.2) is 11.5 Å². The predicted octanol–water partition coefficient (Wildman–Crippen LogP) is 2.14. The first-order chi connectivity index (χ1) is 9.71. The van der Waals surface area contributed by atoms with Crippen LogP contribution in [0.4, 0.5) is 0 Å². The highest BCUT2D eigenvalue weighted by Crippen LogP contribution is 2.27. The van der Waals surface area contributed by atoms with Gasteiger partial charge >= 0.3 is 5.97 Å². The lowest BCUT2D eigenvalue weighted by atomic mass is 10.2. The number of ether oxygens (including phenoxy) is 3. The van der Waals surface area contributed by atoms with Crippen molar-refractivity contribution >= 4 is 5.97 Å². The summed E-state index contributed by atoms with van der Waals surface area (Å²) in [5.74, 6) is 1.32. The number of benzene rings is 1. The van der Waals surface area contributed by atoms with E-state index in [9.17, 15) is 4.79 Å². The van der Waals surface area contributed by atoms with Gasteiger partial charge < -0.3 is 19.5 Å². The third-order valence-electron chi connectivity index (χ3n) is 2.82. The lowest BCUT2D eigenvalue weighted by Gasteiger charge is -2.11. The molecule has 112 valence electrons. The summed E-state index contributed by atoms with van der Waals surface area (Å²) in [5.41, 5.74) is 1.11. The molecule has 0 fully saturated rings. The van der Waals surface area contributed by atoms with Gasteiger partial charge in [-0.15, -0.1) is 0 Å². The summed E-state index contributed by atoms with van der Waals surface area (Å²) < 4.78 is 15.4. The lowest BCUT2D eigenvalue weighted by molar-refractivity contribution is -0.140. The van der Waals surface area contributed by atoms with E-state index in [1.807, 2.05) is 25.1 Å². The molecule has 0 atom stereocenters. The monoisotopic (exact) mass is 281 g/mol. The molecule has 0 aromatic heterocycles. The van der Waals surface area contributed by atoms with Crippen LogP contribution in [0.3, 0.4) is 0 Å². The van der Waals surface area contributed by atoms with Crippen molar-refractivity contribution < 1.29 is 19.0 Å². The lowest BCUT2D eigenvalue weighted by Crippen LogP contribution is -2.16. The van der Waals surface area contributed by atoms with E-state index in [4.69, 9.17) is 9.47 Å². The molecule has 5 heteroatoms. The maximum absolute atomic E-state index is 10.9. The van der Waals surface area contributed by atoms with Crippen LogP contribution in [-0.4, -0.2) is 33.3 Å². The molecule has 1 N–H and O–H groups in total. The summed E-state index contributed by atoms with van der Waals surface area (Å²) in [6.07, 6.45) is 1.21. The fourth-order valence-electron chi connectivity index (χ4n) is 1.79. The van der Waals surface area contributed by atoms with Gasteiger partial charge in [-0.1, -0.05) is 6.07 Å². The van der Waals surface area contributed by atoms with Crippen molar-refractivity contribution in [1.82, 2.24) is 5.32 Å². The van der Waals surface area contributed by atoms with E-state index in [0.717, 1.165) is 36.6 Å². The van der Waals surface area contributed by atoms with Gasteiger partial charge in [-0.05, 0) is 37.6 Å². The zero-order chi connectivity index (χ0) is 14.8. The summed E-state index contributed by atoms with van der Waals surface area (Å²) >= 11 is 0. The second-order valence-corrected chi connectivity index (χ2v) is 4.27. The van der Waals surface area contributed by atoms with Crippen LogP contribution in [0.25, 0.3) is 0 Å². The Kier molecular flexibility index (Phi) is 7.50. The van der Waals surface area contributed by atoms with Crippen LogP contribution in [0.15, 0.2) is 18.2 Å². The van der Waals surface area contributed by atoms with Gasteiger partial charge in [0.1, 0.15) is 0 Å². The maximum atomic E-state index is 10.9. The molecule has 5 nitrogen and oxygen atoms in total. The van der Waals surface area contributed by atoms with E-state index in [-0.39, 0.29) is 5.97 Å². The SMILES string of the molecule is CCOc1ccc(CNCCCC(=O)OC)cc1OC. The predicted molar refractivity (Wildman–Crippen MR) is 77.1 cm³/mol. The molecule has 0 radical (unpaired) electrons. The summed E-state index contributed by atoms with van der Waals surface area (Å²) in [6, 6.07) is 5.87. The molecule has 1 aromatic carbocycles. The zero-order valence-electron chi connectivity index (χ0n) is 12.4. The van der Waals surface area contributed by atoms with E-state index >= 15 is 0 Å². The van der Waals surface area contributed by atoms with Crippen molar-refractivity contribution in [2.75, 3.05) is 27.4 Å². The second-order valence-electron chi connectivity index (χ2n) is 4.27. The summed E-state index contributed by atoms with van der Waals surface area (Å²) in [6.45, 7) is 4.05. The molecular formula is C15H23NO4. The molecular weight excluding hydrogens is 258 g/mol. The van der Waals surface area contributed by atoms with E-state index in [0.29, 0.717) is 13.0 Å². The molecule has 0 saturated heterocycles. The first-order valence-corrected chi connectivity index (χ1v) is 6.78. The van der Waals surface area contributed by atoms with E-state index in [1.54, 1.807) is 7.11 Å². The molecule has 0 saturated carbocycles. The van der Waals surface area contributed by atoms with Crippen LogP contribution in [0.2, 0.25) is 0 Å². The number of nitrogens with one attached hydrogen (secondary N) is 1. The first kappa shape index (κ1) is 16.3. The summed E-state index contributed by atoms with van der Waals surface area (Å²) in [7, 11) is 3.04. The van der Waals surface area contributed by atoms with Crippen LogP contribution >= 0.6 is 0 Å². The van der Waals surface area contributed by atoms with Gasteiger partial charge in [0, 0.05) is 13.0 Å². The van der Waals surface area contributed by atoms with Crippen LogP contribution in [-0.2, 0) is 16.1 Å². The Balaban J connectivity index is 2.38. The highest BCUT2D eigenvalue weighted by molar-refractivity contribution is 5.69. The van der Waals surface area contributed by atoms with E-state index < -0.39 is 0 Å². The molecule has 0 spiro atoms. The second kappa shape index (κ2) is 9.20. The first-order valence-electron chi connectivity index (χ1n) is 6.78. The Bertz CT molecular complexity index is 420. The molecule has 0 bridgehead atoms. The Morgan fingerprint density at radius 1 is 1.25 bits per heavy atom. The van der Waals surface area contributed by atoms with Crippen molar-refractivity contribution in [3.8, 4) is 11.5 Å². The Morgan fingerprint density at radius 2 is 2.05 bits per heavy atom. The number of hydrogen-bond acceptors (Lipinski definition) is 5. The maximum Gasteiger partial charge on any atom is 0.305 e. The Morgan fingerprint density at radius 3 is 2.70 bits per heavy atom. The zero-order valence-corrected chi connectivity index (χ0v) is 12.4. The summed E-state index contributed by atoms with van der Waals surface area (Å²) in [4.78, 5) is 10.9. The smallest absolute Gasteiger partial charge is 0.305 e. The summed E-state index contributed by atoms with van der Waals surface area (Å²) in [5, 5.41) is 3.28. The van der Waals surface area contributed by atoms with Crippen LogP contribution < -0.4 is 14.8 Å². The number of esters is 1. The van der Waals surface area contributed by atoms with Gasteiger partial charge in [-0.25, -0.2) is 0 Å². The normalized spacial score (nSPS) is 10.2. The Hall–Kier alpha value is -1.75. The fourth-order valence-corrected chi connectivity index (χ4v) is 1.79. The molecule has 0 amide bonds. The molecule has 0 aliphatic heterocycles. The van der Waals surface area contributed by atoms with Gasteiger partial charge in [0.05, 0.1) is 20.8 Å². The van der Waals surface area contributed by atoms with Crippen LogP contribution in [0, 0.1) is 0 Å². The molecule has 1 aromatic rings. The molecule has 1 rings (SSSR count). The molecule has 0 aliphatic carbocycles. The van der Waals surface area contributed by atoms with Gasteiger partial charge in [-0.3, -0.25) is 4.79 Å². The van der Waals surface area contributed by atoms with Crippen molar-refractivity contribution in [3.05, 3.63) is 23.8 Å². The van der Waals surface area contributed by atoms with Crippen molar-refractivity contribution in [3.63, 3.8) is 0 Å². The minimum atomic E-state index is -0.172. The molecule has 0 aliphatic rings. The number of carbonyl (C=O) groups excluding carboxylic acids is 1. The average molecular weight is 281 g/mol. The molecule has 0 heterocycles. The molecule has 0 unspecified atom stereocenters. The van der Waals surface area contributed by atoms with Crippen LogP contribution in [0.1, 0.15) is 25.3 Å². The van der Waals surface area contributed by atoms with E-state index in [1.165, 1.54) is 7.11 Å². The third-order valence-corrected chi connectivity index (χ3v) is 2.82. The minimum Gasteiger partial charge on any atom is -0.493 e. The number of methoxy groups -OCH3 is 2. The standard InChI is InChI=1S/C15H23NO4/c1-4-20-13-8-7-12(10-14(13)18-2)11-16-9-5-6-15(17)19-3/h7-8,10,16H,4-6,9,11H2,1-3H3. The molecule has 20 heavy (non-hydrogen) atoms. The van der Waals surface area contributed by atoms with Gasteiger partial charge in [-0.2, -0.15) is 0 Å². The van der Waals surface area contributed by atoms with Crippen molar-refractivity contribution in [2.45, 2.75) is 26.3 Å². The number of hydrogen-bond donors (Lipinski definition) is 1. The minimum absolute atomic E-state index is 0.172. The van der Waals surface area contributed by atoms with Crippen LogP contribution in [0.5, 0.6) is 11.5 Å². The highest BCUT2D eigenvalue weighted by Gasteiger charge is 2.05. The quantitative estimate of drug-likeness (QED) is 0.555. The van der Waals surface area contributed by atoms with Gasteiger partial charge in [0.25, 0.3) is 0 Å². The largest absolute Gasteiger partial charge is 0.493 e. The number of rotatable bonds is 9. The third kappa shape index (κ3) is 5.48. The highest BCUT2D eigenvalue weighted by atomic mass is 16.5. The van der Waals surface area contributed by atoms with Crippen molar-refractivity contribution in [1.29, 1.82) is 0 Å².